The first-order valence-corrected chi connectivity index (χ1v) is 6.72. The number of nitrogens with two attached hydrogens (primary N) is 1. The predicted molar refractivity (Wildman–Crippen MR) is 72.6 cm³/mol. The lowest BCUT2D eigenvalue weighted by atomic mass is 9.92. The molecule has 3 rings (SSSR count). The van der Waals surface area contributed by atoms with Crippen molar-refractivity contribution in [1.82, 2.24) is 4.98 Å². The van der Waals surface area contributed by atoms with Gasteiger partial charge in [0, 0.05) is 12.2 Å². The molecule has 4 heteroatoms. The van der Waals surface area contributed by atoms with Gasteiger partial charge >= 0.3 is 0 Å². The van der Waals surface area contributed by atoms with Crippen molar-refractivity contribution in [3.8, 4) is 11.3 Å². The number of hydrogen-bond donors (Lipinski definition) is 1. The van der Waals surface area contributed by atoms with Crippen LogP contribution >= 0.6 is 0 Å². The Morgan fingerprint density at radius 2 is 2.32 bits per heavy atom. The fourth-order valence-corrected chi connectivity index (χ4v) is 2.72. The lowest BCUT2D eigenvalue weighted by Gasteiger charge is -2.18. The van der Waals surface area contributed by atoms with E-state index >= 15 is 0 Å². The molecule has 0 radical (unpaired) electrons. The Hall–Kier alpha value is -1.65. The zero-order valence-electron chi connectivity index (χ0n) is 10.8. The highest BCUT2D eigenvalue weighted by Gasteiger charge is 2.22. The third kappa shape index (κ3) is 2.41. The fourth-order valence-electron chi connectivity index (χ4n) is 2.72. The Morgan fingerprint density at radius 3 is 3.11 bits per heavy atom. The second-order valence-electron chi connectivity index (χ2n) is 4.78. The summed E-state index contributed by atoms with van der Waals surface area (Å²) in [5.41, 5.74) is 9.38. The van der Waals surface area contributed by atoms with E-state index in [1.54, 1.807) is 6.20 Å². The summed E-state index contributed by atoms with van der Waals surface area (Å²) in [6.07, 6.45) is 6.23. The molecule has 2 aromatic rings. The summed E-state index contributed by atoms with van der Waals surface area (Å²) in [6.45, 7) is 1.42. The maximum absolute atomic E-state index is 5.92. The molecule has 2 heterocycles. The van der Waals surface area contributed by atoms with Crippen molar-refractivity contribution in [2.24, 2.45) is 5.73 Å². The average Bonchev–Trinajstić information content (AvgIpc) is 2.89. The van der Waals surface area contributed by atoms with Gasteiger partial charge in [0.25, 0.3) is 0 Å². The van der Waals surface area contributed by atoms with E-state index < -0.39 is 0 Å². The number of fused-ring (bicyclic) bond motifs is 1. The number of hydrogen-bond acceptors (Lipinski definition) is 4. The third-order valence-corrected chi connectivity index (χ3v) is 3.58. The van der Waals surface area contributed by atoms with Gasteiger partial charge in [0.2, 0.25) is 0 Å². The van der Waals surface area contributed by atoms with Crippen molar-refractivity contribution in [2.45, 2.75) is 25.4 Å². The van der Waals surface area contributed by atoms with E-state index in [1.807, 2.05) is 0 Å². The molecular weight excluding hydrogens is 240 g/mol. The molecule has 1 atom stereocenters. The number of oxazole rings is 1. The number of ether oxygens (including phenoxy) is 1. The smallest absolute Gasteiger partial charge is 0.181 e. The van der Waals surface area contributed by atoms with E-state index in [9.17, 15) is 0 Å². The fraction of sp³-hybridized carbons (Fsp3) is 0.400. The van der Waals surface area contributed by atoms with Gasteiger partial charge in [-0.2, -0.15) is 0 Å². The van der Waals surface area contributed by atoms with Crippen LogP contribution in [0, 0.1) is 0 Å². The molecule has 1 aromatic heterocycles. The molecule has 100 valence electrons. The summed E-state index contributed by atoms with van der Waals surface area (Å²) in [4.78, 5) is 4.01. The van der Waals surface area contributed by atoms with Gasteiger partial charge in [-0.15, -0.1) is 0 Å². The highest BCUT2D eigenvalue weighted by Crippen LogP contribution is 2.35. The Labute approximate surface area is 112 Å². The maximum atomic E-state index is 5.92. The van der Waals surface area contributed by atoms with Gasteiger partial charge in [-0.1, -0.05) is 18.2 Å². The minimum Gasteiger partial charge on any atom is -0.444 e. The number of nitrogens with zero attached hydrogens (tertiary/aromatic N) is 1. The second kappa shape index (κ2) is 5.55. The minimum atomic E-state index is 0.102. The monoisotopic (exact) mass is 258 g/mol. The van der Waals surface area contributed by atoms with Crippen LogP contribution in [0.15, 0.2) is 35.2 Å². The molecule has 1 aliphatic heterocycles. The molecule has 2 N–H and O–H groups in total. The van der Waals surface area contributed by atoms with Gasteiger partial charge in [0.15, 0.2) is 12.2 Å². The topological polar surface area (TPSA) is 61.3 Å². The Kier molecular flexibility index (Phi) is 3.62. The number of rotatable bonds is 3. The molecule has 0 aliphatic carbocycles. The van der Waals surface area contributed by atoms with Gasteiger partial charge in [0.05, 0.1) is 12.3 Å². The van der Waals surface area contributed by atoms with E-state index in [2.05, 4.69) is 23.2 Å². The molecule has 0 spiro atoms. The SMILES string of the molecule is NCC[C@@H]1OCCCc2c(-c3cnco3)cccc21. The quantitative estimate of drug-likeness (QED) is 0.919. The molecule has 0 unspecified atom stereocenters. The van der Waals surface area contributed by atoms with E-state index in [0.29, 0.717) is 6.54 Å². The van der Waals surface area contributed by atoms with E-state index in [-0.39, 0.29) is 6.10 Å². The Morgan fingerprint density at radius 1 is 1.37 bits per heavy atom. The summed E-state index contributed by atoms with van der Waals surface area (Å²) < 4.78 is 11.4. The van der Waals surface area contributed by atoms with Crippen LogP contribution in [0.5, 0.6) is 0 Å². The van der Waals surface area contributed by atoms with Crippen LogP contribution in [0.1, 0.15) is 30.1 Å². The molecule has 0 fully saturated rings. The molecule has 19 heavy (non-hydrogen) atoms. The average molecular weight is 258 g/mol. The van der Waals surface area contributed by atoms with Crippen LogP contribution in [-0.4, -0.2) is 18.1 Å². The highest BCUT2D eigenvalue weighted by atomic mass is 16.5. The largest absolute Gasteiger partial charge is 0.444 e. The Balaban J connectivity index is 2.07. The van der Waals surface area contributed by atoms with Gasteiger partial charge in [0.1, 0.15) is 0 Å². The molecule has 0 saturated heterocycles. The molecule has 4 nitrogen and oxygen atoms in total. The second-order valence-corrected chi connectivity index (χ2v) is 4.78. The van der Waals surface area contributed by atoms with E-state index in [0.717, 1.165) is 37.2 Å². The van der Waals surface area contributed by atoms with Crippen molar-refractivity contribution in [2.75, 3.05) is 13.2 Å². The Bertz CT molecular complexity index is 537. The highest BCUT2D eigenvalue weighted by molar-refractivity contribution is 5.63. The molecule has 0 bridgehead atoms. The van der Waals surface area contributed by atoms with Crippen molar-refractivity contribution in [3.05, 3.63) is 41.9 Å². The first kappa shape index (κ1) is 12.4. The minimum absolute atomic E-state index is 0.102. The lowest BCUT2D eigenvalue weighted by molar-refractivity contribution is 0.0523. The van der Waals surface area contributed by atoms with Crippen LogP contribution in [0.4, 0.5) is 0 Å². The standard InChI is InChI=1S/C15H18N2O2/c16-7-6-14-12-3-1-4-13(15-9-17-10-19-15)11(12)5-2-8-18-14/h1,3-4,9-10,14H,2,5-8,16H2/t14-/m0/s1. The zero-order chi connectivity index (χ0) is 13.1. The predicted octanol–water partition coefficient (Wildman–Crippen LogP) is 2.69. The first-order valence-electron chi connectivity index (χ1n) is 6.72. The molecular formula is C15H18N2O2. The molecule has 1 aromatic carbocycles. The summed E-state index contributed by atoms with van der Waals surface area (Å²) in [5.74, 6) is 0.824. The van der Waals surface area contributed by atoms with Crippen LogP contribution in [0.3, 0.4) is 0 Å². The molecule has 1 aliphatic rings. The van der Waals surface area contributed by atoms with Crippen molar-refractivity contribution in [1.29, 1.82) is 0 Å². The first-order chi connectivity index (χ1) is 9.40. The van der Waals surface area contributed by atoms with Crippen molar-refractivity contribution < 1.29 is 9.15 Å². The molecule has 0 amide bonds. The number of benzene rings is 1. The van der Waals surface area contributed by atoms with E-state index in [4.69, 9.17) is 14.9 Å². The van der Waals surface area contributed by atoms with Crippen LogP contribution < -0.4 is 5.73 Å². The van der Waals surface area contributed by atoms with Crippen molar-refractivity contribution >= 4 is 0 Å². The van der Waals surface area contributed by atoms with Gasteiger partial charge in [-0.25, -0.2) is 4.98 Å². The summed E-state index contributed by atoms with van der Waals surface area (Å²) in [5, 5.41) is 0. The normalized spacial score (nSPS) is 18.9. The summed E-state index contributed by atoms with van der Waals surface area (Å²) in [7, 11) is 0. The van der Waals surface area contributed by atoms with Gasteiger partial charge < -0.3 is 14.9 Å². The van der Waals surface area contributed by atoms with Crippen LogP contribution in [0.2, 0.25) is 0 Å². The summed E-state index contributed by atoms with van der Waals surface area (Å²) >= 11 is 0. The van der Waals surface area contributed by atoms with E-state index in [1.165, 1.54) is 17.5 Å². The van der Waals surface area contributed by atoms with Crippen molar-refractivity contribution in [3.63, 3.8) is 0 Å². The lowest BCUT2D eigenvalue weighted by Crippen LogP contribution is -2.11. The van der Waals surface area contributed by atoms with Gasteiger partial charge in [-0.05, 0) is 36.9 Å². The maximum Gasteiger partial charge on any atom is 0.181 e. The summed E-state index contributed by atoms with van der Waals surface area (Å²) in [6, 6.07) is 6.28. The number of aromatic nitrogens is 1. The third-order valence-electron chi connectivity index (χ3n) is 3.58. The van der Waals surface area contributed by atoms with Gasteiger partial charge in [-0.3, -0.25) is 0 Å². The van der Waals surface area contributed by atoms with Crippen LogP contribution in [0.25, 0.3) is 11.3 Å². The molecule has 0 saturated carbocycles. The zero-order valence-corrected chi connectivity index (χ0v) is 10.8. The van der Waals surface area contributed by atoms with Crippen LogP contribution in [-0.2, 0) is 11.2 Å².